The Labute approximate surface area is 109 Å². The van der Waals surface area contributed by atoms with E-state index in [1.54, 1.807) is 0 Å². The van der Waals surface area contributed by atoms with Crippen LogP contribution < -0.4 is 5.32 Å². The van der Waals surface area contributed by atoms with Gasteiger partial charge >= 0.3 is 6.09 Å². The van der Waals surface area contributed by atoms with E-state index in [-0.39, 0.29) is 24.2 Å². The van der Waals surface area contributed by atoms with Gasteiger partial charge in [-0.1, -0.05) is 12.2 Å². The monoisotopic (exact) mass is 252 g/mol. The molecule has 102 valence electrons. The van der Waals surface area contributed by atoms with Crippen molar-refractivity contribution in [3.8, 4) is 0 Å². The maximum Gasteiger partial charge on any atom is 0.410 e. The molecule has 2 aliphatic heterocycles. The second-order valence-corrected chi connectivity index (χ2v) is 6.42. The zero-order valence-corrected chi connectivity index (χ0v) is 11.8. The summed E-state index contributed by atoms with van der Waals surface area (Å²) in [5.74, 6) is 0. The topological polar surface area (TPSA) is 41.6 Å². The SMILES string of the molecule is C=C(C)[C@H]1NC[C@H]2CC[C@@H]1N2C(=O)OC(C)(C)C. The van der Waals surface area contributed by atoms with Crippen LogP contribution in [-0.2, 0) is 4.74 Å². The quantitative estimate of drug-likeness (QED) is 0.728. The van der Waals surface area contributed by atoms with E-state index in [0.717, 1.165) is 25.0 Å². The third-order valence-corrected chi connectivity index (χ3v) is 3.64. The van der Waals surface area contributed by atoms with Crippen LogP contribution >= 0.6 is 0 Å². The molecule has 1 amide bonds. The lowest BCUT2D eigenvalue weighted by Gasteiger charge is -2.41. The smallest absolute Gasteiger partial charge is 0.410 e. The fourth-order valence-electron chi connectivity index (χ4n) is 2.94. The third kappa shape index (κ3) is 2.53. The molecule has 0 aromatic carbocycles. The molecule has 0 saturated carbocycles. The number of carbonyl (C=O) groups excluding carboxylic acids is 1. The number of fused-ring (bicyclic) bond motifs is 2. The van der Waals surface area contributed by atoms with Gasteiger partial charge in [-0.05, 0) is 40.5 Å². The van der Waals surface area contributed by atoms with Gasteiger partial charge in [0, 0.05) is 18.6 Å². The van der Waals surface area contributed by atoms with Crippen LogP contribution in [0.1, 0.15) is 40.5 Å². The lowest BCUT2D eigenvalue weighted by Crippen LogP contribution is -2.60. The molecule has 0 spiro atoms. The summed E-state index contributed by atoms with van der Waals surface area (Å²) in [5, 5.41) is 3.48. The van der Waals surface area contributed by atoms with Gasteiger partial charge in [0.2, 0.25) is 0 Å². The Morgan fingerprint density at radius 1 is 1.39 bits per heavy atom. The molecule has 4 nitrogen and oxygen atoms in total. The van der Waals surface area contributed by atoms with Crippen LogP contribution in [0.3, 0.4) is 0 Å². The highest BCUT2D eigenvalue weighted by molar-refractivity contribution is 5.70. The molecule has 0 unspecified atom stereocenters. The summed E-state index contributed by atoms with van der Waals surface area (Å²) in [6.45, 7) is 12.6. The summed E-state index contributed by atoms with van der Waals surface area (Å²) in [4.78, 5) is 14.2. The third-order valence-electron chi connectivity index (χ3n) is 3.64. The summed E-state index contributed by atoms with van der Waals surface area (Å²) in [6, 6.07) is 0.688. The predicted molar refractivity (Wildman–Crippen MR) is 71.5 cm³/mol. The summed E-state index contributed by atoms with van der Waals surface area (Å²) in [5.41, 5.74) is 0.661. The number of ether oxygens (including phenoxy) is 1. The second-order valence-electron chi connectivity index (χ2n) is 6.42. The highest BCUT2D eigenvalue weighted by Crippen LogP contribution is 2.33. The van der Waals surface area contributed by atoms with Crippen molar-refractivity contribution < 1.29 is 9.53 Å². The molecule has 2 heterocycles. The number of piperazine rings is 1. The highest BCUT2D eigenvalue weighted by Gasteiger charge is 2.46. The lowest BCUT2D eigenvalue weighted by molar-refractivity contribution is 0.00627. The van der Waals surface area contributed by atoms with Gasteiger partial charge in [0.25, 0.3) is 0 Å². The first-order valence-electron chi connectivity index (χ1n) is 6.69. The minimum absolute atomic E-state index is 0.178. The van der Waals surface area contributed by atoms with Gasteiger partial charge < -0.3 is 10.1 Å². The molecule has 4 heteroatoms. The minimum Gasteiger partial charge on any atom is -0.444 e. The van der Waals surface area contributed by atoms with E-state index >= 15 is 0 Å². The molecule has 2 bridgehead atoms. The number of hydrogen-bond acceptors (Lipinski definition) is 3. The molecule has 0 aliphatic carbocycles. The maximum absolute atomic E-state index is 12.3. The van der Waals surface area contributed by atoms with Gasteiger partial charge in [-0.15, -0.1) is 0 Å². The van der Waals surface area contributed by atoms with E-state index in [4.69, 9.17) is 4.74 Å². The van der Waals surface area contributed by atoms with Gasteiger partial charge in [0.05, 0.1) is 6.04 Å². The van der Waals surface area contributed by atoms with E-state index in [1.807, 2.05) is 32.6 Å². The van der Waals surface area contributed by atoms with Crippen LogP contribution in [-0.4, -0.2) is 41.3 Å². The van der Waals surface area contributed by atoms with Crippen LogP contribution in [0.15, 0.2) is 12.2 Å². The van der Waals surface area contributed by atoms with Crippen molar-refractivity contribution in [3.05, 3.63) is 12.2 Å². The molecule has 3 atom stereocenters. The number of carbonyl (C=O) groups is 1. The molecule has 2 aliphatic rings. The Kier molecular flexibility index (Phi) is 3.41. The Morgan fingerprint density at radius 3 is 2.61 bits per heavy atom. The van der Waals surface area contributed by atoms with Gasteiger partial charge in [-0.25, -0.2) is 4.79 Å². The summed E-state index contributed by atoms with van der Waals surface area (Å²) >= 11 is 0. The molecule has 0 radical (unpaired) electrons. The first-order valence-corrected chi connectivity index (χ1v) is 6.69. The molecular weight excluding hydrogens is 228 g/mol. The van der Waals surface area contributed by atoms with Crippen LogP contribution in [0.25, 0.3) is 0 Å². The Morgan fingerprint density at radius 2 is 2.06 bits per heavy atom. The first kappa shape index (κ1) is 13.4. The molecule has 18 heavy (non-hydrogen) atoms. The second kappa shape index (κ2) is 4.57. The molecule has 2 rings (SSSR count). The average molecular weight is 252 g/mol. The minimum atomic E-state index is -0.430. The fraction of sp³-hybridized carbons (Fsp3) is 0.786. The van der Waals surface area contributed by atoms with E-state index in [1.165, 1.54) is 0 Å². The van der Waals surface area contributed by atoms with Gasteiger partial charge in [-0.3, -0.25) is 4.90 Å². The normalized spacial score (nSPS) is 31.3. The zero-order valence-electron chi connectivity index (χ0n) is 11.8. The molecule has 2 fully saturated rings. The zero-order chi connectivity index (χ0) is 13.5. The van der Waals surface area contributed by atoms with Gasteiger partial charge in [-0.2, -0.15) is 0 Å². The summed E-state index contributed by atoms with van der Waals surface area (Å²) in [7, 11) is 0. The van der Waals surface area contributed by atoms with E-state index < -0.39 is 5.60 Å². The van der Waals surface area contributed by atoms with Crippen LogP contribution in [0.2, 0.25) is 0 Å². The molecule has 0 aromatic heterocycles. The Balaban J connectivity index is 2.13. The average Bonchev–Trinajstić information content (AvgIpc) is 2.49. The van der Waals surface area contributed by atoms with Crippen molar-refractivity contribution in [2.45, 2.75) is 64.3 Å². The van der Waals surface area contributed by atoms with Crippen LogP contribution in [0.5, 0.6) is 0 Å². The van der Waals surface area contributed by atoms with Crippen molar-refractivity contribution in [2.75, 3.05) is 6.54 Å². The molecule has 0 aromatic rings. The van der Waals surface area contributed by atoms with E-state index in [9.17, 15) is 4.79 Å². The first-order chi connectivity index (χ1) is 8.29. The Bertz CT molecular complexity index is 359. The summed E-state index contributed by atoms with van der Waals surface area (Å²) in [6.07, 6.45) is 1.91. The van der Waals surface area contributed by atoms with Gasteiger partial charge in [0.1, 0.15) is 5.60 Å². The van der Waals surface area contributed by atoms with Crippen LogP contribution in [0, 0.1) is 0 Å². The summed E-state index contributed by atoms with van der Waals surface area (Å²) < 4.78 is 5.52. The number of rotatable bonds is 1. The molecule has 1 N–H and O–H groups in total. The van der Waals surface area contributed by atoms with Crippen molar-refractivity contribution in [1.29, 1.82) is 0 Å². The largest absolute Gasteiger partial charge is 0.444 e. The maximum atomic E-state index is 12.3. The highest BCUT2D eigenvalue weighted by atomic mass is 16.6. The van der Waals surface area contributed by atoms with Crippen LogP contribution in [0.4, 0.5) is 4.79 Å². The number of amides is 1. The number of nitrogens with zero attached hydrogens (tertiary/aromatic N) is 1. The molecule has 2 saturated heterocycles. The van der Waals surface area contributed by atoms with Crippen molar-refractivity contribution in [2.24, 2.45) is 0 Å². The standard InChI is InChI=1S/C14H24N2O2/c1-9(2)12-11-7-6-10(8-15-12)16(11)13(17)18-14(3,4)5/h10-12,15H,1,6-8H2,2-5H3/t10-,11+,12-/m1/s1. The van der Waals surface area contributed by atoms with Crippen molar-refractivity contribution >= 4 is 6.09 Å². The van der Waals surface area contributed by atoms with Crippen molar-refractivity contribution in [3.63, 3.8) is 0 Å². The number of nitrogens with one attached hydrogen (secondary N) is 1. The van der Waals surface area contributed by atoms with E-state index in [0.29, 0.717) is 0 Å². The number of hydrogen-bond donors (Lipinski definition) is 1. The van der Waals surface area contributed by atoms with Crippen molar-refractivity contribution in [1.82, 2.24) is 10.2 Å². The fourth-order valence-corrected chi connectivity index (χ4v) is 2.94. The van der Waals surface area contributed by atoms with E-state index in [2.05, 4.69) is 11.9 Å². The Hall–Kier alpha value is -1.03. The van der Waals surface area contributed by atoms with Gasteiger partial charge in [0.15, 0.2) is 0 Å². The predicted octanol–water partition coefficient (Wildman–Crippen LogP) is 2.30. The molecular formula is C14H24N2O2. The lowest BCUT2D eigenvalue weighted by atomic mass is 9.99.